The van der Waals surface area contributed by atoms with E-state index in [1.54, 1.807) is 30.6 Å². The van der Waals surface area contributed by atoms with Crippen molar-refractivity contribution in [2.24, 2.45) is 0 Å². The smallest absolute Gasteiger partial charge is 0.238 e. The van der Waals surface area contributed by atoms with Crippen LogP contribution < -0.4 is 10.1 Å². The Morgan fingerprint density at radius 1 is 1.35 bits per heavy atom. The molecular formula is C14H15BrClN3O. The van der Waals surface area contributed by atoms with Crippen LogP contribution in [0.25, 0.3) is 0 Å². The lowest BCUT2D eigenvalue weighted by molar-refractivity contribution is 0.452. The third-order valence-corrected chi connectivity index (χ3v) is 3.32. The highest BCUT2D eigenvalue weighted by molar-refractivity contribution is 9.10. The van der Waals surface area contributed by atoms with E-state index in [2.05, 4.69) is 45.1 Å². The predicted octanol–water partition coefficient (Wildman–Crippen LogP) is 4.18. The Hall–Kier alpha value is -1.17. The summed E-state index contributed by atoms with van der Waals surface area (Å²) in [6.45, 7) is 4.82. The summed E-state index contributed by atoms with van der Waals surface area (Å²) in [5.74, 6) is 1.11. The zero-order chi connectivity index (χ0) is 14.5. The van der Waals surface area contributed by atoms with Gasteiger partial charge in [-0.15, -0.1) is 0 Å². The molecule has 6 heteroatoms. The van der Waals surface area contributed by atoms with Gasteiger partial charge in [0.25, 0.3) is 0 Å². The normalized spacial score (nSPS) is 10.8. The van der Waals surface area contributed by atoms with Crippen LogP contribution in [0.2, 0.25) is 5.02 Å². The van der Waals surface area contributed by atoms with Crippen molar-refractivity contribution < 1.29 is 4.74 Å². The SMILES string of the molecule is CC(C)NCc1cncc(Oc2ccc(Cl)cc2Br)n1. The Labute approximate surface area is 131 Å². The largest absolute Gasteiger partial charge is 0.436 e. The number of rotatable bonds is 5. The lowest BCUT2D eigenvalue weighted by Crippen LogP contribution is -2.22. The number of halogens is 2. The van der Waals surface area contributed by atoms with Crippen LogP contribution in [0.4, 0.5) is 0 Å². The van der Waals surface area contributed by atoms with Gasteiger partial charge in [0, 0.05) is 23.8 Å². The first-order valence-corrected chi connectivity index (χ1v) is 7.39. The summed E-state index contributed by atoms with van der Waals surface area (Å²) in [4.78, 5) is 8.54. The molecule has 0 amide bonds. The third-order valence-electron chi connectivity index (χ3n) is 2.46. The molecule has 106 valence electrons. The molecule has 0 saturated heterocycles. The van der Waals surface area contributed by atoms with Crippen LogP contribution in [0.15, 0.2) is 35.1 Å². The van der Waals surface area contributed by atoms with Gasteiger partial charge in [0.1, 0.15) is 5.75 Å². The minimum absolute atomic E-state index is 0.395. The van der Waals surface area contributed by atoms with E-state index in [4.69, 9.17) is 16.3 Å². The molecule has 0 spiro atoms. The van der Waals surface area contributed by atoms with Gasteiger partial charge in [0.05, 0.1) is 16.4 Å². The molecule has 4 nitrogen and oxygen atoms in total. The fraction of sp³-hybridized carbons (Fsp3) is 0.286. The first kappa shape index (κ1) is 15.2. The van der Waals surface area contributed by atoms with E-state index < -0.39 is 0 Å². The molecule has 1 heterocycles. The average molecular weight is 357 g/mol. The summed E-state index contributed by atoms with van der Waals surface area (Å²) in [6, 6.07) is 5.72. The fourth-order valence-corrected chi connectivity index (χ4v) is 2.26. The van der Waals surface area contributed by atoms with E-state index in [-0.39, 0.29) is 0 Å². The summed E-state index contributed by atoms with van der Waals surface area (Å²) < 4.78 is 6.48. The molecule has 0 unspecified atom stereocenters. The second-order valence-electron chi connectivity index (χ2n) is 4.56. The maximum Gasteiger partial charge on any atom is 0.238 e. The Balaban J connectivity index is 2.11. The second-order valence-corrected chi connectivity index (χ2v) is 5.85. The molecule has 1 aromatic carbocycles. The van der Waals surface area contributed by atoms with Crippen LogP contribution in [0.5, 0.6) is 11.6 Å². The molecule has 2 aromatic rings. The Bertz CT molecular complexity index is 592. The van der Waals surface area contributed by atoms with Gasteiger partial charge >= 0.3 is 0 Å². The van der Waals surface area contributed by atoms with Crippen molar-refractivity contribution in [1.82, 2.24) is 15.3 Å². The standard InChI is InChI=1S/C14H15BrClN3O/c1-9(2)18-7-11-6-17-8-14(19-11)20-13-4-3-10(16)5-12(13)15/h3-6,8-9,18H,7H2,1-2H3. The quantitative estimate of drug-likeness (QED) is 0.873. The van der Waals surface area contributed by atoms with Crippen LogP contribution in [-0.4, -0.2) is 16.0 Å². The Morgan fingerprint density at radius 2 is 2.15 bits per heavy atom. The summed E-state index contributed by atoms with van der Waals surface area (Å²) in [5, 5.41) is 3.93. The molecule has 2 rings (SSSR count). The number of benzene rings is 1. The lowest BCUT2D eigenvalue weighted by Gasteiger charge is -2.10. The van der Waals surface area contributed by atoms with Gasteiger partial charge in [-0.1, -0.05) is 25.4 Å². The second kappa shape index (κ2) is 7.02. The molecule has 0 atom stereocenters. The number of nitrogens with zero attached hydrogens (tertiary/aromatic N) is 2. The van der Waals surface area contributed by atoms with Gasteiger partial charge in [-0.2, -0.15) is 0 Å². The van der Waals surface area contributed by atoms with Crippen molar-refractivity contribution in [3.63, 3.8) is 0 Å². The van der Waals surface area contributed by atoms with Gasteiger partial charge in [0.15, 0.2) is 0 Å². The van der Waals surface area contributed by atoms with Gasteiger partial charge < -0.3 is 10.1 Å². The van der Waals surface area contributed by atoms with Gasteiger partial charge in [-0.25, -0.2) is 4.98 Å². The Kier molecular flexibility index (Phi) is 5.34. The average Bonchev–Trinajstić information content (AvgIpc) is 2.40. The van der Waals surface area contributed by atoms with E-state index in [0.717, 1.165) is 10.2 Å². The molecule has 0 aliphatic rings. The topological polar surface area (TPSA) is 47.0 Å². The molecule has 20 heavy (non-hydrogen) atoms. The first-order valence-electron chi connectivity index (χ1n) is 6.22. The molecule has 0 radical (unpaired) electrons. The molecule has 1 N–H and O–H groups in total. The number of hydrogen-bond acceptors (Lipinski definition) is 4. The summed E-state index contributed by atoms with van der Waals surface area (Å²) in [5.41, 5.74) is 0.835. The molecule has 0 aliphatic carbocycles. The van der Waals surface area contributed by atoms with Crippen molar-refractivity contribution in [2.75, 3.05) is 0 Å². The van der Waals surface area contributed by atoms with Crippen LogP contribution in [-0.2, 0) is 6.54 Å². The number of aromatic nitrogens is 2. The van der Waals surface area contributed by atoms with Gasteiger partial charge in [-0.05, 0) is 34.1 Å². The predicted molar refractivity (Wildman–Crippen MR) is 83.2 cm³/mol. The van der Waals surface area contributed by atoms with Crippen LogP contribution in [0, 0.1) is 0 Å². The van der Waals surface area contributed by atoms with Crippen molar-refractivity contribution in [3.05, 3.63) is 45.8 Å². The summed E-state index contributed by atoms with van der Waals surface area (Å²) in [6.07, 6.45) is 3.30. The number of hydrogen-bond donors (Lipinski definition) is 1. The van der Waals surface area contributed by atoms with Crippen molar-refractivity contribution >= 4 is 27.5 Å². The van der Waals surface area contributed by atoms with Crippen molar-refractivity contribution in [2.45, 2.75) is 26.4 Å². The molecule has 0 aliphatic heterocycles. The first-order chi connectivity index (χ1) is 9.54. The molecule has 0 fully saturated rings. The highest BCUT2D eigenvalue weighted by Crippen LogP contribution is 2.30. The van der Waals surface area contributed by atoms with E-state index in [1.807, 2.05) is 0 Å². The maximum absolute atomic E-state index is 5.89. The summed E-state index contributed by atoms with van der Waals surface area (Å²) >= 11 is 9.30. The van der Waals surface area contributed by atoms with Gasteiger partial charge in [-0.3, -0.25) is 4.98 Å². The third kappa shape index (κ3) is 4.44. The summed E-state index contributed by atoms with van der Waals surface area (Å²) in [7, 11) is 0. The minimum atomic E-state index is 0.395. The monoisotopic (exact) mass is 355 g/mol. The van der Waals surface area contributed by atoms with Crippen molar-refractivity contribution in [3.8, 4) is 11.6 Å². The highest BCUT2D eigenvalue weighted by atomic mass is 79.9. The van der Waals surface area contributed by atoms with E-state index >= 15 is 0 Å². The van der Waals surface area contributed by atoms with Crippen LogP contribution in [0.1, 0.15) is 19.5 Å². The zero-order valence-corrected chi connectivity index (χ0v) is 13.6. The molecular weight excluding hydrogens is 342 g/mol. The Morgan fingerprint density at radius 3 is 2.85 bits per heavy atom. The highest BCUT2D eigenvalue weighted by Gasteiger charge is 2.06. The lowest BCUT2D eigenvalue weighted by atomic mass is 10.3. The van der Waals surface area contributed by atoms with E-state index in [0.29, 0.717) is 29.2 Å². The van der Waals surface area contributed by atoms with E-state index in [1.165, 1.54) is 0 Å². The van der Waals surface area contributed by atoms with Crippen LogP contribution in [0.3, 0.4) is 0 Å². The van der Waals surface area contributed by atoms with Gasteiger partial charge in [0.2, 0.25) is 5.88 Å². The maximum atomic E-state index is 5.89. The molecule has 1 aromatic heterocycles. The number of nitrogens with one attached hydrogen (secondary N) is 1. The van der Waals surface area contributed by atoms with Crippen molar-refractivity contribution in [1.29, 1.82) is 0 Å². The minimum Gasteiger partial charge on any atom is -0.436 e. The fourth-order valence-electron chi connectivity index (χ4n) is 1.50. The number of ether oxygens (including phenoxy) is 1. The molecule has 0 bridgehead atoms. The van der Waals surface area contributed by atoms with E-state index in [9.17, 15) is 0 Å². The molecule has 0 saturated carbocycles. The zero-order valence-electron chi connectivity index (χ0n) is 11.2. The van der Waals surface area contributed by atoms with Crippen LogP contribution >= 0.6 is 27.5 Å².